The first-order chi connectivity index (χ1) is 10.3. The van der Waals surface area contributed by atoms with Crippen LogP contribution in [0.3, 0.4) is 0 Å². The lowest BCUT2D eigenvalue weighted by molar-refractivity contribution is 0.0906. The summed E-state index contributed by atoms with van der Waals surface area (Å²) in [5, 5.41) is 8.00. The van der Waals surface area contributed by atoms with Gasteiger partial charge in [-0.1, -0.05) is 42.5 Å². The predicted molar refractivity (Wildman–Crippen MR) is 81.3 cm³/mol. The molecule has 2 aromatic rings. The molecule has 2 aliphatic rings. The van der Waals surface area contributed by atoms with Crippen LogP contribution in [0.15, 0.2) is 48.5 Å². The average Bonchev–Trinajstić information content (AvgIpc) is 2.54. The number of nitrogens with one attached hydrogen (secondary N) is 1. The molecule has 1 radical (unpaired) electrons. The third-order valence-corrected chi connectivity index (χ3v) is 4.49. The summed E-state index contributed by atoms with van der Waals surface area (Å²) in [4.78, 5) is 12.3. The quantitative estimate of drug-likeness (QED) is 0.868. The van der Waals surface area contributed by atoms with Crippen LogP contribution in [-0.2, 0) is 12.8 Å². The molecular formula is C18H17N2O. The van der Waals surface area contributed by atoms with Crippen molar-refractivity contribution < 1.29 is 4.79 Å². The van der Waals surface area contributed by atoms with Gasteiger partial charge in [0, 0.05) is 5.56 Å². The summed E-state index contributed by atoms with van der Waals surface area (Å²) < 4.78 is 0. The molecule has 0 aromatic heterocycles. The molecule has 2 atom stereocenters. The minimum atomic E-state index is -0.0771. The maximum Gasteiger partial charge on any atom is 0.273 e. The van der Waals surface area contributed by atoms with Crippen LogP contribution in [0.2, 0.25) is 0 Å². The summed E-state index contributed by atoms with van der Waals surface area (Å²) in [5.74, 6) is -0.0771. The largest absolute Gasteiger partial charge is 0.308 e. The third kappa shape index (κ3) is 2.14. The maximum atomic E-state index is 12.3. The van der Waals surface area contributed by atoms with Gasteiger partial charge in [-0.2, -0.15) is 0 Å². The Labute approximate surface area is 124 Å². The summed E-state index contributed by atoms with van der Waals surface area (Å²) in [5.41, 5.74) is 4.55. The maximum absolute atomic E-state index is 12.3. The van der Waals surface area contributed by atoms with E-state index in [9.17, 15) is 4.79 Å². The Kier molecular flexibility index (Phi) is 3.00. The zero-order valence-corrected chi connectivity index (χ0v) is 11.8. The Morgan fingerprint density at radius 1 is 1.00 bits per heavy atom. The molecule has 0 bridgehead atoms. The van der Waals surface area contributed by atoms with E-state index in [0.29, 0.717) is 0 Å². The molecular weight excluding hydrogens is 260 g/mol. The fraction of sp³-hybridized carbons (Fsp3) is 0.278. The van der Waals surface area contributed by atoms with Gasteiger partial charge in [0.1, 0.15) is 0 Å². The molecule has 0 aliphatic carbocycles. The number of hydrogen-bond donors (Lipinski definition) is 1. The van der Waals surface area contributed by atoms with E-state index in [1.807, 2.05) is 24.3 Å². The van der Waals surface area contributed by atoms with Crippen molar-refractivity contribution in [3.8, 4) is 0 Å². The molecule has 3 nitrogen and oxygen atoms in total. The first kappa shape index (κ1) is 12.6. The molecule has 3 heteroatoms. The van der Waals surface area contributed by atoms with Crippen molar-refractivity contribution in [1.82, 2.24) is 10.6 Å². The molecule has 105 valence electrons. The van der Waals surface area contributed by atoms with Gasteiger partial charge >= 0.3 is 0 Å². The second kappa shape index (κ2) is 5.01. The highest BCUT2D eigenvalue weighted by atomic mass is 16.1. The average molecular weight is 277 g/mol. The molecule has 2 aliphatic heterocycles. The van der Waals surface area contributed by atoms with Gasteiger partial charge in [-0.25, -0.2) is 5.32 Å². The monoisotopic (exact) mass is 277 g/mol. The van der Waals surface area contributed by atoms with E-state index in [-0.39, 0.29) is 18.0 Å². The molecule has 2 unspecified atom stereocenters. The van der Waals surface area contributed by atoms with Crippen LogP contribution in [0.4, 0.5) is 0 Å². The summed E-state index contributed by atoms with van der Waals surface area (Å²) in [6.07, 6.45) is 1.87. The van der Waals surface area contributed by atoms with E-state index in [1.54, 1.807) is 0 Å². The summed E-state index contributed by atoms with van der Waals surface area (Å²) in [6.45, 7) is 0.948. The molecule has 2 heterocycles. The van der Waals surface area contributed by atoms with Crippen molar-refractivity contribution in [2.24, 2.45) is 0 Å². The van der Waals surface area contributed by atoms with E-state index in [0.717, 1.165) is 30.5 Å². The zero-order valence-electron chi connectivity index (χ0n) is 11.8. The molecule has 4 rings (SSSR count). The van der Waals surface area contributed by atoms with Crippen molar-refractivity contribution in [2.45, 2.75) is 24.9 Å². The molecule has 0 spiro atoms. The second-order valence-corrected chi connectivity index (χ2v) is 5.74. The minimum Gasteiger partial charge on any atom is -0.308 e. The Hall–Kier alpha value is -2.13. The SMILES string of the molecule is O=C1[N]C(C2NCCc3ccccc32)Cc2ccccc21. The van der Waals surface area contributed by atoms with Gasteiger partial charge in [0.2, 0.25) is 0 Å². The van der Waals surface area contributed by atoms with Crippen molar-refractivity contribution in [2.75, 3.05) is 6.54 Å². The number of carbonyl (C=O) groups excluding carboxylic acids is 1. The Bertz CT molecular complexity index is 695. The molecule has 1 amide bonds. The van der Waals surface area contributed by atoms with Crippen molar-refractivity contribution in [1.29, 1.82) is 0 Å². The highest BCUT2D eigenvalue weighted by Gasteiger charge is 2.34. The molecule has 0 saturated heterocycles. The third-order valence-electron chi connectivity index (χ3n) is 4.49. The first-order valence-corrected chi connectivity index (χ1v) is 7.47. The van der Waals surface area contributed by atoms with Crippen LogP contribution in [0.25, 0.3) is 0 Å². The minimum absolute atomic E-state index is 0.00569. The number of carbonyl (C=O) groups is 1. The fourth-order valence-electron chi connectivity index (χ4n) is 3.47. The van der Waals surface area contributed by atoms with Gasteiger partial charge in [-0.3, -0.25) is 4.79 Å². The van der Waals surface area contributed by atoms with Crippen molar-refractivity contribution in [3.05, 3.63) is 70.8 Å². The number of benzene rings is 2. The van der Waals surface area contributed by atoms with Crippen LogP contribution in [0.1, 0.15) is 33.1 Å². The topological polar surface area (TPSA) is 43.2 Å². The summed E-state index contributed by atoms with van der Waals surface area (Å²) in [7, 11) is 0. The smallest absolute Gasteiger partial charge is 0.273 e. The van der Waals surface area contributed by atoms with E-state index in [2.05, 4.69) is 34.9 Å². The van der Waals surface area contributed by atoms with E-state index in [4.69, 9.17) is 0 Å². The Morgan fingerprint density at radius 2 is 1.76 bits per heavy atom. The van der Waals surface area contributed by atoms with Crippen LogP contribution >= 0.6 is 0 Å². The highest BCUT2D eigenvalue weighted by molar-refractivity contribution is 5.96. The van der Waals surface area contributed by atoms with Crippen molar-refractivity contribution in [3.63, 3.8) is 0 Å². The van der Waals surface area contributed by atoms with Crippen LogP contribution in [0, 0.1) is 0 Å². The summed E-state index contributed by atoms with van der Waals surface area (Å²) >= 11 is 0. The number of hydrogen-bond acceptors (Lipinski definition) is 2. The van der Waals surface area contributed by atoms with Crippen molar-refractivity contribution >= 4 is 5.91 Å². The highest BCUT2D eigenvalue weighted by Crippen LogP contribution is 2.30. The van der Waals surface area contributed by atoms with E-state index < -0.39 is 0 Å². The van der Waals surface area contributed by atoms with Gasteiger partial charge in [-0.05, 0) is 42.1 Å². The fourth-order valence-corrected chi connectivity index (χ4v) is 3.47. The lowest BCUT2D eigenvalue weighted by Gasteiger charge is -2.35. The molecule has 2 aromatic carbocycles. The lowest BCUT2D eigenvalue weighted by Crippen LogP contribution is -2.47. The van der Waals surface area contributed by atoms with Crippen LogP contribution in [-0.4, -0.2) is 18.5 Å². The van der Waals surface area contributed by atoms with Gasteiger partial charge in [0.15, 0.2) is 0 Å². The zero-order chi connectivity index (χ0) is 14.2. The van der Waals surface area contributed by atoms with E-state index in [1.165, 1.54) is 11.1 Å². The first-order valence-electron chi connectivity index (χ1n) is 7.47. The number of rotatable bonds is 1. The van der Waals surface area contributed by atoms with E-state index >= 15 is 0 Å². The Morgan fingerprint density at radius 3 is 2.67 bits per heavy atom. The molecule has 0 fully saturated rings. The second-order valence-electron chi connectivity index (χ2n) is 5.74. The van der Waals surface area contributed by atoms with Crippen LogP contribution in [0.5, 0.6) is 0 Å². The molecule has 21 heavy (non-hydrogen) atoms. The van der Waals surface area contributed by atoms with Gasteiger partial charge in [0.25, 0.3) is 5.91 Å². The van der Waals surface area contributed by atoms with Crippen LogP contribution < -0.4 is 10.6 Å². The summed E-state index contributed by atoms with van der Waals surface area (Å²) in [6, 6.07) is 16.5. The number of fused-ring (bicyclic) bond motifs is 2. The van der Waals surface area contributed by atoms with Gasteiger partial charge in [-0.15, -0.1) is 0 Å². The molecule has 1 N–H and O–H groups in total. The predicted octanol–water partition coefficient (Wildman–Crippen LogP) is 2.24. The van der Waals surface area contributed by atoms with Gasteiger partial charge in [0.05, 0.1) is 12.1 Å². The van der Waals surface area contributed by atoms with Gasteiger partial charge < -0.3 is 5.32 Å². The molecule has 0 saturated carbocycles. The standard InChI is InChI=1S/C18H17N2O/c21-18-15-8-4-2-6-13(15)11-16(20-18)17-14-7-3-1-5-12(14)9-10-19-17/h1-8,16-17,19H,9-11H2. The Balaban J connectivity index is 1.69. The normalized spacial score (nSPS) is 23.9. The lowest BCUT2D eigenvalue weighted by atomic mass is 9.84. The number of nitrogens with zero attached hydrogens (tertiary/aromatic N) is 1. The number of amides is 1.